The molecule has 1 aromatic heterocycles. The molecule has 0 aliphatic carbocycles. The van der Waals surface area contributed by atoms with Crippen LogP contribution < -0.4 is 10.9 Å². The number of nitrogens with zero attached hydrogens (tertiary/aromatic N) is 2. The van der Waals surface area contributed by atoms with Crippen LogP contribution >= 0.6 is 0 Å². The van der Waals surface area contributed by atoms with Gasteiger partial charge >= 0.3 is 0 Å². The van der Waals surface area contributed by atoms with E-state index in [2.05, 4.69) is 15.3 Å². The van der Waals surface area contributed by atoms with E-state index in [4.69, 9.17) is 0 Å². The Morgan fingerprint density at radius 2 is 2.24 bits per heavy atom. The van der Waals surface area contributed by atoms with Gasteiger partial charge in [0.1, 0.15) is 11.6 Å². The van der Waals surface area contributed by atoms with Crippen molar-refractivity contribution >= 4 is 11.7 Å². The maximum atomic E-state index is 11.7. The average molecular weight is 236 g/mol. The third-order valence-electron chi connectivity index (χ3n) is 2.74. The van der Waals surface area contributed by atoms with Gasteiger partial charge in [-0.25, -0.2) is 4.98 Å². The molecule has 0 radical (unpaired) electrons. The number of aromatic amines is 1. The van der Waals surface area contributed by atoms with Gasteiger partial charge in [0.25, 0.3) is 5.56 Å². The molecule has 2 rings (SSSR count). The van der Waals surface area contributed by atoms with Crippen molar-refractivity contribution in [2.75, 3.05) is 25.0 Å². The molecule has 1 fully saturated rings. The molecule has 0 aromatic carbocycles. The summed E-state index contributed by atoms with van der Waals surface area (Å²) in [5.74, 6) is 1.04. The van der Waals surface area contributed by atoms with E-state index < -0.39 is 0 Å². The monoisotopic (exact) mass is 236 g/mol. The Kier molecular flexibility index (Phi) is 3.41. The SMILES string of the molecule is Cc1nc(NCC(=O)N2CCCC2)cc(=O)[nH]1. The number of carbonyl (C=O) groups excluding carboxylic acids is 1. The highest BCUT2D eigenvalue weighted by Gasteiger charge is 2.17. The second kappa shape index (κ2) is 4.99. The minimum absolute atomic E-state index is 0.0576. The van der Waals surface area contributed by atoms with Gasteiger partial charge in [-0.3, -0.25) is 9.59 Å². The van der Waals surface area contributed by atoms with Gasteiger partial charge in [0, 0.05) is 19.2 Å². The number of aryl methyl sites for hydroxylation is 1. The van der Waals surface area contributed by atoms with E-state index in [9.17, 15) is 9.59 Å². The molecule has 1 amide bonds. The smallest absolute Gasteiger partial charge is 0.252 e. The molecule has 2 heterocycles. The summed E-state index contributed by atoms with van der Waals surface area (Å²) in [6.45, 7) is 3.56. The fourth-order valence-electron chi connectivity index (χ4n) is 1.91. The number of nitrogens with one attached hydrogen (secondary N) is 2. The van der Waals surface area contributed by atoms with Crippen molar-refractivity contribution in [3.63, 3.8) is 0 Å². The van der Waals surface area contributed by atoms with Crippen molar-refractivity contribution in [1.82, 2.24) is 14.9 Å². The lowest BCUT2D eigenvalue weighted by Crippen LogP contribution is -2.33. The Balaban J connectivity index is 1.92. The molecule has 17 heavy (non-hydrogen) atoms. The quantitative estimate of drug-likeness (QED) is 0.781. The number of anilines is 1. The highest BCUT2D eigenvalue weighted by atomic mass is 16.2. The summed E-state index contributed by atoms with van der Waals surface area (Å²) in [5.41, 5.74) is -0.214. The number of hydrogen-bond donors (Lipinski definition) is 2. The Bertz CT molecular complexity index is 463. The van der Waals surface area contributed by atoms with Gasteiger partial charge in [-0.1, -0.05) is 0 Å². The van der Waals surface area contributed by atoms with Crippen LogP contribution in [-0.4, -0.2) is 40.4 Å². The molecule has 0 saturated carbocycles. The zero-order chi connectivity index (χ0) is 12.3. The molecule has 2 N–H and O–H groups in total. The van der Waals surface area contributed by atoms with Crippen molar-refractivity contribution in [2.45, 2.75) is 19.8 Å². The van der Waals surface area contributed by atoms with Crippen molar-refractivity contribution < 1.29 is 4.79 Å². The van der Waals surface area contributed by atoms with E-state index >= 15 is 0 Å². The van der Waals surface area contributed by atoms with Crippen LogP contribution in [0.4, 0.5) is 5.82 Å². The van der Waals surface area contributed by atoms with Crippen molar-refractivity contribution in [3.8, 4) is 0 Å². The van der Waals surface area contributed by atoms with E-state index in [0.29, 0.717) is 11.6 Å². The first kappa shape index (κ1) is 11.6. The van der Waals surface area contributed by atoms with Gasteiger partial charge in [-0.05, 0) is 19.8 Å². The van der Waals surface area contributed by atoms with E-state index in [-0.39, 0.29) is 18.0 Å². The van der Waals surface area contributed by atoms with Gasteiger partial charge in [0.2, 0.25) is 5.91 Å². The topological polar surface area (TPSA) is 78.1 Å². The Morgan fingerprint density at radius 3 is 2.88 bits per heavy atom. The van der Waals surface area contributed by atoms with E-state index in [0.717, 1.165) is 25.9 Å². The highest BCUT2D eigenvalue weighted by molar-refractivity contribution is 5.80. The molecular weight excluding hydrogens is 220 g/mol. The summed E-state index contributed by atoms with van der Waals surface area (Å²) in [6.07, 6.45) is 2.15. The number of amides is 1. The van der Waals surface area contributed by atoms with Gasteiger partial charge in [0.05, 0.1) is 6.54 Å². The molecule has 0 unspecified atom stereocenters. The zero-order valence-electron chi connectivity index (χ0n) is 9.82. The normalized spacial score (nSPS) is 15.0. The lowest BCUT2D eigenvalue weighted by molar-refractivity contribution is -0.128. The molecule has 0 bridgehead atoms. The third kappa shape index (κ3) is 3.05. The molecule has 1 aromatic rings. The van der Waals surface area contributed by atoms with Gasteiger partial charge in [-0.15, -0.1) is 0 Å². The molecule has 1 saturated heterocycles. The van der Waals surface area contributed by atoms with Crippen LogP contribution in [0.3, 0.4) is 0 Å². The summed E-state index contributed by atoms with van der Waals surface area (Å²) < 4.78 is 0. The average Bonchev–Trinajstić information content (AvgIpc) is 2.78. The van der Waals surface area contributed by atoms with Crippen LogP contribution in [0.25, 0.3) is 0 Å². The van der Waals surface area contributed by atoms with Crippen molar-refractivity contribution in [1.29, 1.82) is 0 Å². The molecule has 1 aliphatic heterocycles. The second-order valence-electron chi connectivity index (χ2n) is 4.16. The van der Waals surface area contributed by atoms with Crippen LogP contribution in [0.5, 0.6) is 0 Å². The lowest BCUT2D eigenvalue weighted by Gasteiger charge is -2.15. The van der Waals surface area contributed by atoms with Crippen molar-refractivity contribution in [2.24, 2.45) is 0 Å². The van der Waals surface area contributed by atoms with Crippen LogP contribution in [0, 0.1) is 6.92 Å². The summed E-state index contributed by atoms with van der Waals surface area (Å²) in [6, 6.07) is 1.35. The minimum Gasteiger partial charge on any atom is -0.361 e. The predicted octanol–water partition coefficient (Wildman–Crippen LogP) is 0.113. The van der Waals surface area contributed by atoms with E-state index in [1.165, 1.54) is 6.07 Å². The van der Waals surface area contributed by atoms with Crippen molar-refractivity contribution in [3.05, 3.63) is 22.2 Å². The first-order valence-electron chi connectivity index (χ1n) is 5.75. The summed E-state index contributed by atoms with van der Waals surface area (Å²) in [5, 5.41) is 2.88. The number of H-pyrrole nitrogens is 1. The van der Waals surface area contributed by atoms with Crippen LogP contribution in [0.2, 0.25) is 0 Å². The van der Waals surface area contributed by atoms with Gasteiger partial charge in [0.15, 0.2) is 0 Å². The summed E-state index contributed by atoms with van der Waals surface area (Å²) in [7, 11) is 0. The largest absolute Gasteiger partial charge is 0.361 e. The number of likely N-dealkylation sites (tertiary alicyclic amines) is 1. The summed E-state index contributed by atoms with van der Waals surface area (Å²) >= 11 is 0. The summed E-state index contributed by atoms with van der Waals surface area (Å²) in [4.78, 5) is 31.4. The first-order valence-corrected chi connectivity index (χ1v) is 5.75. The zero-order valence-corrected chi connectivity index (χ0v) is 9.82. The highest BCUT2D eigenvalue weighted by Crippen LogP contribution is 2.07. The molecular formula is C11H16N4O2. The maximum Gasteiger partial charge on any atom is 0.252 e. The molecule has 6 nitrogen and oxygen atoms in total. The maximum absolute atomic E-state index is 11.7. The van der Waals surface area contributed by atoms with Gasteiger partial charge < -0.3 is 15.2 Å². The standard InChI is InChI=1S/C11H16N4O2/c1-8-13-9(6-10(16)14-8)12-7-11(17)15-4-2-3-5-15/h6H,2-5,7H2,1H3,(H2,12,13,14,16). The first-order chi connectivity index (χ1) is 8.15. The number of hydrogen-bond acceptors (Lipinski definition) is 4. The number of rotatable bonds is 3. The van der Waals surface area contributed by atoms with Crippen LogP contribution in [-0.2, 0) is 4.79 Å². The molecule has 0 atom stereocenters. The number of aromatic nitrogens is 2. The Hall–Kier alpha value is -1.85. The molecule has 1 aliphatic rings. The molecule has 92 valence electrons. The Morgan fingerprint density at radius 1 is 1.53 bits per heavy atom. The van der Waals surface area contributed by atoms with E-state index in [1.54, 1.807) is 6.92 Å². The van der Waals surface area contributed by atoms with Crippen LogP contribution in [0.1, 0.15) is 18.7 Å². The molecule has 0 spiro atoms. The minimum atomic E-state index is -0.214. The molecule has 6 heteroatoms. The van der Waals surface area contributed by atoms with Crippen LogP contribution in [0.15, 0.2) is 10.9 Å². The Labute approximate surface area is 99.1 Å². The predicted molar refractivity (Wildman–Crippen MR) is 63.9 cm³/mol. The lowest BCUT2D eigenvalue weighted by atomic mass is 10.4. The second-order valence-corrected chi connectivity index (χ2v) is 4.16. The third-order valence-corrected chi connectivity index (χ3v) is 2.74. The fraction of sp³-hybridized carbons (Fsp3) is 0.545. The number of carbonyl (C=O) groups is 1. The fourth-order valence-corrected chi connectivity index (χ4v) is 1.91. The van der Waals surface area contributed by atoms with E-state index in [1.807, 2.05) is 4.90 Å². The van der Waals surface area contributed by atoms with Gasteiger partial charge in [-0.2, -0.15) is 0 Å².